The summed E-state index contributed by atoms with van der Waals surface area (Å²) in [6.45, 7) is 1.31. The third-order valence-corrected chi connectivity index (χ3v) is 1.93. The first-order chi connectivity index (χ1) is 7.13. The lowest BCUT2D eigenvalue weighted by Gasteiger charge is -2.03. The summed E-state index contributed by atoms with van der Waals surface area (Å²) in [4.78, 5) is 21.7. The Balaban J connectivity index is 2.64. The summed E-state index contributed by atoms with van der Waals surface area (Å²) in [6, 6.07) is 7.00. The molecule has 0 aliphatic carbocycles. The van der Waals surface area contributed by atoms with E-state index in [2.05, 4.69) is 5.32 Å². The largest absolute Gasteiger partial charge is 0.396 e. The molecule has 0 radical (unpaired) electrons. The van der Waals surface area contributed by atoms with Gasteiger partial charge < -0.3 is 10.4 Å². The third-order valence-electron chi connectivity index (χ3n) is 1.93. The maximum Gasteiger partial charge on any atom is 0.291 e. The number of hydrogen-bond donors (Lipinski definition) is 2. The summed E-state index contributed by atoms with van der Waals surface area (Å²) in [6.07, 6.45) is 0.584. The van der Waals surface area contributed by atoms with Gasteiger partial charge in [-0.1, -0.05) is 12.1 Å². The molecule has 2 N–H and O–H groups in total. The highest BCUT2D eigenvalue weighted by atomic mass is 16.3. The standard InChI is InChI=1S/C11H13NO3/c1-8(14)11(15)12-10-4-2-9(3-5-10)6-7-13/h2-5,13H,6-7H2,1H3,(H,12,15). The first-order valence-corrected chi connectivity index (χ1v) is 4.65. The van der Waals surface area contributed by atoms with Crippen LogP contribution in [0, 0.1) is 0 Å². The van der Waals surface area contributed by atoms with Crippen LogP contribution in [0.2, 0.25) is 0 Å². The van der Waals surface area contributed by atoms with Gasteiger partial charge in [-0.3, -0.25) is 9.59 Å². The number of nitrogens with one attached hydrogen (secondary N) is 1. The Morgan fingerprint density at radius 2 is 1.87 bits per heavy atom. The van der Waals surface area contributed by atoms with Crippen molar-refractivity contribution < 1.29 is 14.7 Å². The van der Waals surface area contributed by atoms with Crippen molar-refractivity contribution in [3.8, 4) is 0 Å². The molecule has 0 aliphatic rings. The fraction of sp³-hybridized carbons (Fsp3) is 0.273. The summed E-state index contributed by atoms with van der Waals surface area (Å²) in [5.74, 6) is -1.14. The molecule has 0 aromatic heterocycles. The van der Waals surface area contributed by atoms with Crippen LogP contribution in [0.25, 0.3) is 0 Å². The molecule has 0 atom stereocenters. The molecule has 0 fully saturated rings. The molecular weight excluding hydrogens is 194 g/mol. The predicted molar refractivity (Wildman–Crippen MR) is 56.5 cm³/mol. The van der Waals surface area contributed by atoms with E-state index >= 15 is 0 Å². The van der Waals surface area contributed by atoms with Gasteiger partial charge in [-0.15, -0.1) is 0 Å². The van der Waals surface area contributed by atoms with Gasteiger partial charge in [-0.2, -0.15) is 0 Å². The third kappa shape index (κ3) is 3.52. The molecule has 0 saturated heterocycles. The zero-order chi connectivity index (χ0) is 11.3. The van der Waals surface area contributed by atoms with Crippen molar-refractivity contribution in [2.45, 2.75) is 13.3 Å². The number of benzene rings is 1. The number of carbonyl (C=O) groups excluding carboxylic acids is 2. The number of aliphatic hydroxyl groups excluding tert-OH is 1. The Labute approximate surface area is 87.9 Å². The van der Waals surface area contributed by atoms with E-state index in [4.69, 9.17) is 5.11 Å². The minimum Gasteiger partial charge on any atom is -0.396 e. The van der Waals surface area contributed by atoms with Crippen LogP contribution in [0.3, 0.4) is 0 Å². The van der Waals surface area contributed by atoms with Crippen LogP contribution in [0.15, 0.2) is 24.3 Å². The highest BCUT2D eigenvalue weighted by Crippen LogP contribution is 2.09. The normalized spacial score (nSPS) is 9.73. The Bertz CT molecular complexity index is 357. The van der Waals surface area contributed by atoms with Gasteiger partial charge in [0.1, 0.15) is 0 Å². The molecule has 80 valence electrons. The van der Waals surface area contributed by atoms with E-state index in [9.17, 15) is 9.59 Å². The quantitative estimate of drug-likeness (QED) is 0.716. The van der Waals surface area contributed by atoms with Crippen molar-refractivity contribution in [3.05, 3.63) is 29.8 Å². The lowest BCUT2D eigenvalue weighted by molar-refractivity contribution is -0.133. The van der Waals surface area contributed by atoms with Crippen LogP contribution in [-0.4, -0.2) is 23.4 Å². The summed E-state index contributed by atoms with van der Waals surface area (Å²) in [5, 5.41) is 11.2. The molecule has 1 aromatic carbocycles. The highest BCUT2D eigenvalue weighted by Gasteiger charge is 2.06. The topological polar surface area (TPSA) is 66.4 Å². The zero-order valence-corrected chi connectivity index (χ0v) is 8.49. The van der Waals surface area contributed by atoms with Gasteiger partial charge in [-0.25, -0.2) is 0 Å². The van der Waals surface area contributed by atoms with Crippen LogP contribution in [0.4, 0.5) is 5.69 Å². The fourth-order valence-electron chi connectivity index (χ4n) is 1.10. The second kappa shape index (κ2) is 5.26. The lowest BCUT2D eigenvalue weighted by atomic mass is 10.1. The Kier molecular flexibility index (Phi) is 4.00. The molecule has 1 rings (SSSR count). The summed E-state index contributed by atoms with van der Waals surface area (Å²) < 4.78 is 0. The van der Waals surface area contributed by atoms with E-state index in [0.717, 1.165) is 5.56 Å². The second-order valence-corrected chi connectivity index (χ2v) is 3.18. The van der Waals surface area contributed by atoms with Crippen LogP contribution in [-0.2, 0) is 16.0 Å². The molecule has 15 heavy (non-hydrogen) atoms. The van der Waals surface area contributed by atoms with Crippen molar-refractivity contribution in [3.63, 3.8) is 0 Å². The molecule has 0 unspecified atom stereocenters. The smallest absolute Gasteiger partial charge is 0.291 e. The monoisotopic (exact) mass is 207 g/mol. The molecular formula is C11H13NO3. The number of aliphatic hydroxyl groups is 1. The van der Waals surface area contributed by atoms with Gasteiger partial charge >= 0.3 is 0 Å². The zero-order valence-electron chi connectivity index (χ0n) is 8.49. The van der Waals surface area contributed by atoms with Crippen molar-refractivity contribution in [1.29, 1.82) is 0 Å². The van der Waals surface area contributed by atoms with Crippen LogP contribution < -0.4 is 5.32 Å². The van der Waals surface area contributed by atoms with Crippen molar-refractivity contribution in [2.75, 3.05) is 11.9 Å². The molecule has 4 nitrogen and oxygen atoms in total. The summed E-state index contributed by atoms with van der Waals surface area (Å²) >= 11 is 0. The number of Topliss-reactive ketones (excluding diaryl/α,β-unsaturated/α-hetero) is 1. The Hall–Kier alpha value is -1.68. The minimum absolute atomic E-state index is 0.0964. The van der Waals surface area contributed by atoms with E-state index in [1.54, 1.807) is 24.3 Å². The summed E-state index contributed by atoms with van der Waals surface area (Å²) in [7, 11) is 0. The first kappa shape index (κ1) is 11.4. The number of ketones is 1. The van der Waals surface area contributed by atoms with E-state index in [-0.39, 0.29) is 6.61 Å². The number of amides is 1. The molecule has 1 amide bonds. The van der Waals surface area contributed by atoms with Gasteiger partial charge in [0, 0.05) is 19.2 Å². The van der Waals surface area contributed by atoms with Crippen molar-refractivity contribution in [2.24, 2.45) is 0 Å². The molecule has 0 spiro atoms. The van der Waals surface area contributed by atoms with Crippen LogP contribution in [0.5, 0.6) is 0 Å². The van der Waals surface area contributed by atoms with Crippen molar-refractivity contribution >= 4 is 17.4 Å². The Morgan fingerprint density at radius 3 is 2.33 bits per heavy atom. The van der Waals surface area contributed by atoms with Crippen molar-refractivity contribution in [1.82, 2.24) is 0 Å². The van der Waals surface area contributed by atoms with Crippen LogP contribution >= 0.6 is 0 Å². The van der Waals surface area contributed by atoms with Gasteiger partial charge in [0.25, 0.3) is 5.91 Å². The molecule has 0 heterocycles. The second-order valence-electron chi connectivity index (χ2n) is 3.18. The lowest BCUT2D eigenvalue weighted by Crippen LogP contribution is -2.19. The highest BCUT2D eigenvalue weighted by molar-refractivity contribution is 6.39. The van der Waals surface area contributed by atoms with Gasteiger partial charge in [0.15, 0.2) is 0 Å². The maximum atomic E-state index is 11.0. The SMILES string of the molecule is CC(=O)C(=O)Nc1ccc(CCO)cc1. The molecule has 1 aromatic rings. The first-order valence-electron chi connectivity index (χ1n) is 4.65. The molecule has 0 bridgehead atoms. The van der Waals surface area contributed by atoms with Gasteiger partial charge in [-0.05, 0) is 24.1 Å². The predicted octanol–water partition coefficient (Wildman–Crippen LogP) is 0.749. The maximum absolute atomic E-state index is 11.0. The summed E-state index contributed by atoms with van der Waals surface area (Å²) in [5.41, 5.74) is 1.57. The number of carbonyl (C=O) groups is 2. The number of rotatable bonds is 4. The van der Waals surface area contributed by atoms with E-state index in [1.165, 1.54) is 6.92 Å². The Morgan fingerprint density at radius 1 is 1.27 bits per heavy atom. The minimum atomic E-state index is -0.620. The number of hydrogen-bond acceptors (Lipinski definition) is 3. The van der Waals surface area contributed by atoms with Crippen LogP contribution in [0.1, 0.15) is 12.5 Å². The fourth-order valence-corrected chi connectivity index (χ4v) is 1.10. The molecule has 0 aliphatic heterocycles. The van der Waals surface area contributed by atoms with Gasteiger partial charge in [0.2, 0.25) is 5.78 Å². The van der Waals surface area contributed by atoms with E-state index < -0.39 is 11.7 Å². The van der Waals surface area contributed by atoms with Gasteiger partial charge in [0.05, 0.1) is 0 Å². The number of anilines is 1. The average Bonchev–Trinajstić information content (AvgIpc) is 2.21. The molecule has 4 heteroatoms. The average molecular weight is 207 g/mol. The molecule has 0 saturated carbocycles. The van der Waals surface area contributed by atoms with E-state index in [0.29, 0.717) is 12.1 Å². The van der Waals surface area contributed by atoms with E-state index in [1.807, 2.05) is 0 Å².